The maximum atomic E-state index is 13.3. The van der Waals surface area contributed by atoms with Crippen LogP contribution in [-0.4, -0.2) is 49.4 Å². The minimum absolute atomic E-state index is 0.0876. The first-order valence-corrected chi connectivity index (χ1v) is 9.93. The third kappa shape index (κ3) is 5.73. The van der Waals surface area contributed by atoms with Crippen molar-refractivity contribution in [1.29, 1.82) is 0 Å². The van der Waals surface area contributed by atoms with Gasteiger partial charge in [-0.25, -0.2) is 13.2 Å². The summed E-state index contributed by atoms with van der Waals surface area (Å²) in [5.74, 6) is -2.29. The largest absolute Gasteiger partial charge is 0.379 e. The minimum atomic E-state index is -0.936. The van der Waals surface area contributed by atoms with Gasteiger partial charge in [-0.1, -0.05) is 12.1 Å². The summed E-state index contributed by atoms with van der Waals surface area (Å²) in [6, 6.07) is 9.70. The Hall–Kier alpha value is -2.03. The predicted molar refractivity (Wildman–Crippen MR) is 102 cm³/mol. The molecule has 1 unspecified atom stereocenters. The Morgan fingerprint density at radius 3 is 2.46 bits per heavy atom. The Balaban J connectivity index is 1.58. The van der Waals surface area contributed by atoms with Crippen molar-refractivity contribution < 1.29 is 22.7 Å². The minimum Gasteiger partial charge on any atom is -0.379 e. The van der Waals surface area contributed by atoms with E-state index in [2.05, 4.69) is 10.2 Å². The quantitative estimate of drug-likeness (QED) is 0.711. The fraction of sp³-hybridized carbons (Fsp3) is 0.350. The third-order valence-corrected chi connectivity index (χ3v) is 5.49. The highest BCUT2D eigenvalue weighted by Crippen LogP contribution is 2.23. The number of halogens is 3. The van der Waals surface area contributed by atoms with Crippen molar-refractivity contribution in [1.82, 2.24) is 10.2 Å². The molecule has 0 aromatic heterocycles. The van der Waals surface area contributed by atoms with Gasteiger partial charge < -0.3 is 10.1 Å². The van der Waals surface area contributed by atoms with Crippen molar-refractivity contribution in [3.8, 4) is 0 Å². The summed E-state index contributed by atoms with van der Waals surface area (Å²) >= 11 is 1.13. The van der Waals surface area contributed by atoms with Crippen LogP contribution in [0.1, 0.15) is 11.6 Å². The van der Waals surface area contributed by atoms with Gasteiger partial charge >= 0.3 is 0 Å². The molecule has 1 aliphatic heterocycles. The smallest absolute Gasteiger partial charge is 0.230 e. The van der Waals surface area contributed by atoms with Crippen LogP contribution in [0, 0.1) is 17.5 Å². The molecule has 1 heterocycles. The number of ether oxygens (including phenoxy) is 1. The van der Waals surface area contributed by atoms with Gasteiger partial charge in [0.1, 0.15) is 5.82 Å². The molecule has 1 saturated heterocycles. The average Bonchev–Trinajstić information content (AvgIpc) is 2.71. The molecule has 1 aliphatic rings. The molecule has 28 heavy (non-hydrogen) atoms. The Labute approximate surface area is 166 Å². The lowest BCUT2D eigenvalue weighted by atomic mass is 10.0. The van der Waals surface area contributed by atoms with E-state index in [0.29, 0.717) is 24.7 Å². The SMILES string of the molecule is O=C(CSc1ccc(F)c(F)c1)NCC(c1ccc(F)cc1)N1CCOCC1. The van der Waals surface area contributed by atoms with Crippen LogP contribution in [0.2, 0.25) is 0 Å². The van der Waals surface area contributed by atoms with Crippen LogP contribution in [0.3, 0.4) is 0 Å². The molecular weight excluding hydrogens is 389 g/mol. The number of rotatable bonds is 7. The van der Waals surface area contributed by atoms with E-state index >= 15 is 0 Å². The maximum Gasteiger partial charge on any atom is 0.230 e. The topological polar surface area (TPSA) is 41.6 Å². The highest BCUT2D eigenvalue weighted by Gasteiger charge is 2.23. The maximum absolute atomic E-state index is 13.3. The van der Waals surface area contributed by atoms with E-state index in [4.69, 9.17) is 4.74 Å². The van der Waals surface area contributed by atoms with E-state index in [1.54, 1.807) is 12.1 Å². The lowest BCUT2D eigenvalue weighted by Gasteiger charge is -2.35. The zero-order valence-electron chi connectivity index (χ0n) is 15.2. The van der Waals surface area contributed by atoms with Gasteiger partial charge in [-0.15, -0.1) is 11.8 Å². The van der Waals surface area contributed by atoms with Crippen molar-refractivity contribution in [2.24, 2.45) is 0 Å². The fourth-order valence-corrected chi connectivity index (χ4v) is 3.76. The van der Waals surface area contributed by atoms with Crippen LogP contribution in [0.25, 0.3) is 0 Å². The number of nitrogens with one attached hydrogen (secondary N) is 1. The van der Waals surface area contributed by atoms with Crippen LogP contribution >= 0.6 is 11.8 Å². The highest BCUT2D eigenvalue weighted by molar-refractivity contribution is 8.00. The van der Waals surface area contributed by atoms with E-state index in [9.17, 15) is 18.0 Å². The highest BCUT2D eigenvalue weighted by atomic mass is 32.2. The summed E-state index contributed by atoms with van der Waals surface area (Å²) < 4.78 is 44.9. The molecule has 1 N–H and O–H groups in total. The third-order valence-electron chi connectivity index (χ3n) is 4.49. The fourth-order valence-electron chi connectivity index (χ4n) is 3.01. The summed E-state index contributed by atoms with van der Waals surface area (Å²) in [6.07, 6.45) is 0. The van der Waals surface area contributed by atoms with E-state index in [1.807, 2.05) is 0 Å². The van der Waals surface area contributed by atoms with Crippen molar-refractivity contribution in [3.63, 3.8) is 0 Å². The molecule has 8 heteroatoms. The van der Waals surface area contributed by atoms with Gasteiger partial charge in [-0.2, -0.15) is 0 Å². The number of morpholine rings is 1. The van der Waals surface area contributed by atoms with Gasteiger partial charge in [0.05, 0.1) is 25.0 Å². The number of hydrogen-bond acceptors (Lipinski definition) is 4. The van der Waals surface area contributed by atoms with E-state index in [1.165, 1.54) is 18.2 Å². The number of hydrogen-bond donors (Lipinski definition) is 1. The van der Waals surface area contributed by atoms with Crippen molar-refractivity contribution in [2.75, 3.05) is 38.6 Å². The van der Waals surface area contributed by atoms with Gasteiger partial charge in [0.15, 0.2) is 11.6 Å². The first-order chi connectivity index (χ1) is 13.5. The molecule has 1 fully saturated rings. The lowest BCUT2D eigenvalue weighted by Crippen LogP contribution is -2.44. The normalized spacial score (nSPS) is 16.0. The van der Waals surface area contributed by atoms with Gasteiger partial charge in [-0.3, -0.25) is 9.69 Å². The molecule has 2 aromatic rings. The Kier molecular flexibility index (Phi) is 7.36. The number of thioether (sulfide) groups is 1. The zero-order chi connectivity index (χ0) is 19.9. The Morgan fingerprint density at radius 2 is 1.79 bits per heavy atom. The second-order valence-corrected chi connectivity index (χ2v) is 7.43. The molecular formula is C20H21F3N2O2S. The first-order valence-electron chi connectivity index (χ1n) is 8.95. The summed E-state index contributed by atoms with van der Waals surface area (Å²) in [6.45, 7) is 3.03. The van der Waals surface area contributed by atoms with Crippen LogP contribution in [0.4, 0.5) is 13.2 Å². The summed E-state index contributed by atoms with van der Waals surface area (Å²) in [7, 11) is 0. The van der Waals surface area contributed by atoms with Gasteiger partial charge in [0, 0.05) is 24.5 Å². The molecule has 1 atom stereocenters. The molecule has 0 radical (unpaired) electrons. The lowest BCUT2D eigenvalue weighted by molar-refractivity contribution is -0.118. The van der Waals surface area contributed by atoms with Crippen LogP contribution in [0.15, 0.2) is 47.4 Å². The number of carbonyl (C=O) groups excluding carboxylic acids is 1. The van der Waals surface area contributed by atoms with Gasteiger partial charge in [0.25, 0.3) is 0 Å². The van der Waals surface area contributed by atoms with Crippen molar-refractivity contribution in [3.05, 3.63) is 65.5 Å². The second kappa shape index (κ2) is 9.95. The van der Waals surface area contributed by atoms with Crippen LogP contribution in [-0.2, 0) is 9.53 Å². The molecule has 0 bridgehead atoms. The standard InChI is InChI=1S/C20H21F3N2O2S/c21-15-3-1-14(2-4-15)19(25-7-9-27-10-8-25)12-24-20(26)13-28-16-5-6-17(22)18(23)11-16/h1-6,11,19H,7-10,12-13H2,(H,24,26). The molecule has 4 nitrogen and oxygen atoms in total. The molecule has 0 spiro atoms. The zero-order valence-corrected chi connectivity index (χ0v) is 16.0. The summed E-state index contributed by atoms with van der Waals surface area (Å²) in [5.41, 5.74) is 0.914. The summed E-state index contributed by atoms with van der Waals surface area (Å²) in [4.78, 5) is 14.9. The van der Waals surface area contributed by atoms with Crippen molar-refractivity contribution >= 4 is 17.7 Å². The molecule has 3 rings (SSSR count). The molecule has 150 valence electrons. The van der Waals surface area contributed by atoms with Gasteiger partial charge in [-0.05, 0) is 35.9 Å². The van der Waals surface area contributed by atoms with Crippen LogP contribution in [0.5, 0.6) is 0 Å². The predicted octanol–water partition coefficient (Wildman–Crippen LogP) is 3.39. The Bertz CT molecular complexity index is 799. The molecule has 0 aliphatic carbocycles. The number of benzene rings is 2. The molecule has 1 amide bonds. The number of nitrogens with zero attached hydrogens (tertiary/aromatic N) is 1. The monoisotopic (exact) mass is 410 g/mol. The second-order valence-electron chi connectivity index (χ2n) is 6.38. The van der Waals surface area contributed by atoms with Crippen LogP contribution < -0.4 is 5.32 Å². The van der Waals surface area contributed by atoms with Gasteiger partial charge in [0.2, 0.25) is 5.91 Å². The first kappa shape index (κ1) is 20.7. The van der Waals surface area contributed by atoms with Crippen molar-refractivity contribution in [2.45, 2.75) is 10.9 Å². The average molecular weight is 410 g/mol. The number of amides is 1. The van der Waals surface area contributed by atoms with E-state index in [-0.39, 0.29) is 23.5 Å². The Morgan fingerprint density at radius 1 is 1.07 bits per heavy atom. The van der Waals surface area contributed by atoms with E-state index < -0.39 is 11.6 Å². The molecule has 2 aromatic carbocycles. The molecule has 0 saturated carbocycles. The van der Waals surface area contributed by atoms with E-state index in [0.717, 1.165) is 42.5 Å². The summed E-state index contributed by atoms with van der Waals surface area (Å²) in [5, 5.41) is 2.89. The number of carbonyl (C=O) groups is 1.